The summed E-state index contributed by atoms with van der Waals surface area (Å²) in [6, 6.07) is 8.20. The molecule has 110 valence electrons. The summed E-state index contributed by atoms with van der Waals surface area (Å²) in [6.45, 7) is 9.21. The van der Waals surface area contributed by atoms with E-state index in [2.05, 4.69) is 49.3 Å². The summed E-state index contributed by atoms with van der Waals surface area (Å²) >= 11 is 1.57. The molecule has 4 nitrogen and oxygen atoms in total. The third-order valence-electron chi connectivity index (χ3n) is 3.12. The van der Waals surface area contributed by atoms with E-state index in [1.165, 1.54) is 5.56 Å². The number of rotatable bonds is 3. The van der Waals surface area contributed by atoms with Crippen LogP contribution in [0, 0.1) is 6.92 Å². The SMILES string of the molecule is Cc1ccc2oc(-c3nnc(CNC(C)(C)C)s3)cc2c1. The summed E-state index contributed by atoms with van der Waals surface area (Å²) in [5.74, 6) is 0.787. The first-order valence-corrected chi connectivity index (χ1v) is 7.80. The van der Waals surface area contributed by atoms with Crippen LogP contribution in [0.2, 0.25) is 0 Å². The lowest BCUT2D eigenvalue weighted by atomic mass is 10.1. The second-order valence-electron chi connectivity index (χ2n) is 6.26. The van der Waals surface area contributed by atoms with Gasteiger partial charge < -0.3 is 9.73 Å². The Morgan fingerprint density at radius 3 is 2.76 bits per heavy atom. The van der Waals surface area contributed by atoms with Crippen LogP contribution in [-0.4, -0.2) is 15.7 Å². The summed E-state index contributed by atoms with van der Waals surface area (Å²) in [7, 11) is 0. The second-order valence-corrected chi connectivity index (χ2v) is 7.32. The van der Waals surface area contributed by atoms with Crippen molar-refractivity contribution >= 4 is 22.3 Å². The number of nitrogens with zero attached hydrogens (tertiary/aromatic N) is 2. The monoisotopic (exact) mass is 301 g/mol. The third kappa shape index (κ3) is 3.31. The summed E-state index contributed by atoms with van der Waals surface area (Å²) in [5.41, 5.74) is 2.19. The molecule has 0 amide bonds. The quantitative estimate of drug-likeness (QED) is 0.789. The predicted molar refractivity (Wildman–Crippen MR) is 86.4 cm³/mol. The molecule has 0 unspecified atom stereocenters. The van der Waals surface area contributed by atoms with Gasteiger partial charge in [0.05, 0.1) is 6.54 Å². The van der Waals surface area contributed by atoms with Gasteiger partial charge in [0.1, 0.15) is 10.6 Å². The Bertz CT molecular complexity index is 767. The predicted octanol–water partition coefficient (Wildman–Crippen LogP) is 4.15. The van der Waals surface area contributed by atoms with Crippen LogP contribution < -0.4 is 5.32 Å². The van der Waals surface area contributed by atoms with Gasteiger partial charge in [-0.05, 0) is 45.9 Å². The Morgan fingerprint density at radius 2 is 2.00 bits per heavy atom. The van der Waals surface area contributed by atoms with Gasteiger partial charge in [-0.1, -0.05) is 23.0 Å². The lowest BCUT2D eigenvalue weighted by Gasteiger charge is -2.19. The van der Waals surface area contributed by atoms with Crippen molar-refractivity contribution in [3.8, 4) is 10.8 Å². The molecule has 0 saturated carbocycles. The van der Waals surface area contributed by atoms with Crippen molar-refractivity contribution in [3.63, 3.8) is 0 Å². The molecule has 0 atom stereocenters. The maximum atomic E-state index is 5.86. The Kier molecular flexibility index (Phi) is 3.55. The number of furan rings is 1. The highest BCUT2D eigenvalue weighted by Gasteiger charge is 2.14. The van der Waals surface area contributed by atoms with Crippen molar-refractivity contribution in [1.82, 2.24) is 15.5 Å². The maximum Gasteiger partial charge on any atom is 0.183 e. The highest BCUT2D eigenvalue weighted by Crippen LogP contribution is 2.30. The number of aromatic nitrogens is 2. The lowest BCUT2D eigenvalue weighted by molar-refractivity contribution is 0.423. The van der Waals surface area contributed by atoms with Gasteiger partial charge in [0.15, 0.2) is 10.8 Å². The van der Waals surface area contributed by atoms with E-state index in [9.17, 15) is 0 Å². The molecule has 3 aromatic rings. The van der Waals surface area contributed by atoms with Crippen molar-refractivity contribution in [2.75, 3.05) is 0 Å². The first-order chi connectivity index (χ1) is 9.90. The Labute approximate surface area is 128 Å². The van der Waals surface area contributed by atoms with Crippen molar-refractivity contribution in [3.05, 3.63) is 34.8 Å². The van der Waals surface area contributed by atoms with Crippen molar-refractivity contribution < 1.29 is 4.42 Å². The van der Waals surface area contributed by atoms with Crippen LogP contribution in [0.4, 0.5) is 0 Å². The minimum absolute atomic E-state index is 0.0721. The fourth-order valence-electron chi connectivity index (χ4n) is 2.03. The molecule has 0 bridgehead atoms. The van der Waals surface area contributed by atoms with Gasteiger partial charge in [-0.15, -0.1) is 10.2 Å². The van der Waals surface area contributed by atoms with Gasteiger partial charge in [0.25, 0.3) is 0 Å². The minimum Gasteiger partial charge on any atom is -0.453 e. The van der Waals surface area contributed by atoms with Crippen LogP contribution in [0.5, 0.6) is 0 Å². The van der Waals surface area contributed by atoms with Gasteiger partial charge in [-0.25, -0.2) is 0 Å². The Balaban J connectivity index is 1.84. The number of fused-ring (bicyclic) bond motifs is 1. The van der Waals surface area contributed by atoms with Gasteiger partial charge >= 0.3 is 0 Å². The molecule has 1 N–H and O–H groups in total. The van der Waals surface area contributed by atoms with Gasteiger partial charge in [-0.2, -0.15) is 0 Å². The molecular weight excluding hydrogens is 282 g/mol. The molecule has 0 aliphatic rings. The van der Waals surface area contributed by atoms with Crippen LogP contribution >= 0.6 is 11.3 Å². The van der Waals surface area contributed by atoms with E-state index in [0.717, 1.165) is 33.3 Å². The zero-order chi connectivity index (χ0) is 15.0. The number of benzene rings is 1. The number of hydrogen-bond acceptors (Lipinski definition) is 5. The lowest BCUT2D eigenvalue weighted by Crippen LogP contribution is -2.35. The third-order valence-corrected chi connectivity index (χ3v) is 4.06. The zero-order valence-corrected chi connectivity index (χ0v) is 13.5. The van der Waals surface area contributed by atoms with E-state index in [-0.39, 0.29) is 5.54 Å². The van der Waals surface area contributed by atoms with E-state index in [4.69, 9.17) is 4.42 Å². The van der Waals surface area contributed by atoms with Crippen LogP contribution in [-0.2, 0) is 6.54 Å². The molecule has 0 spiro atoms. The Hall–Kier alpha value is -1.72. The molecule has 3 rings (SSSR count). The summed E-state index contributed by atoms with van der Waals surface area (Å²) < 4.78 is 5.86. The van der Waals surface area contributed by atoms with E-state index in [1.807, 2.05) is 18.2 Å². The summed E-state index contributed by atoms with van der Waals surface area (Å²) in [4.78, 5) is 0. The van der Waals surface area contributed by atoms with E-state index < -0.39 is 0 Å². The highest BCUT2D eigenvalue weighted by atomic mass is 32.1. The minimum atomic E-state index is 0.0721. The van der Waals surface area contributed by atoms with Crippen molar-refractivity contribution in [2.24, 2.45) is 0 Å². The largest absolute Gasteiger partial charge is 0.453 e. The van der Waals surface area contributed by atoms with E-state index >= 15 is 0 Å². The smallest absolute Gasteiger partial charge is 0.183 e. The highest BCUT2D eigenvalue weighted by molar-refractivity contribution is 7.14. The first kappa shape index (κ1) is 14.2. The number of hydrogen-bond donors (Lipinski definition) is 1. The fraction of sp³-hybridized carbons (Fsp3) is 0.375. The normalized spacial score (nSPS) is 12.2. The molecule has 2 heterocycles. The summed E-state index contributed by atoms with van der Waals surface area (Å²) in [5, 5.41) is 14.8. The summed E-state index contributed by atoms with van der Waals surface area (Å²) in [6.07, 6.45) is 0. The average molecular weight is 301 g/mol. The van der Waals surface area contributed by atoms with Gasteiger partial charge in [0, 0.05) is 10.9 Å². The van der Waals surface area contributed by atoms with Crippen LogP contribution in [0.25, 0.3) is 21.7 Å². The fourth-order valence-corrected chi connectivity index (χ4v) is 2.77. The number of aryl methyl sites for hydroxylation is 1. The molecule has 0 aliphatic heterocycles. The standard InChI is InChI=1S/C16H19N3OS/c1-10-5-6-12-11(7-10)8-13(20-12)15-19-18-14(21-15)9-17-16(2,3)4/h5-8,17H,9H2,1-4H3. The maximum absolute atomic E-state index is 5.86. The van der Waals surface area contributed by atoms with E-state index in [0.29, 0.717) is 0 Å². The average Bonchev–Trinajstić information content (AvgIpc) is 3.00. The van der Waals surface area contributed by atoms with Gasteiger partial charge in [0.2, 0.25) is 0 Å². The van der Waals surface area contributed by atoms with Crippen LogP contribution in [0.1, 0.15) is 31.3 Å². The molecule has 0 fully saturated rings. The van der Waals surface area contributed by atoms with Crippen molar-refractivity contribution in [2.45, 2.75) is 39.8 Å². The molecule has 21 heavy (non-hydrogen) atoms. The molecule has 2 aromatic heterocycles. The Morgan fingerprint density at radius 1 is 1.19 bits per heavy atom. The zero-order valence-electron chi connectivity index (χ0n) is 12.7. The number of nitrogens with one attached hydrogen (secondary N) is 1. The first-order valence-electron chi connectivity index (χ1n) is 6.99. The second kappa shape index (κ2) is 5.24. The molecule has 1 aromatic carbocycles. The molecular formula is C16H19N3OS. The molecule has 0 radical (unpaired) electrons. The molecule has 0 aliphatic carbocycles. The van der Waals surface area contributed by atoms with Crippen molar-refractivity contribution in [1.29, 1.82) is 0 Å². The molecule has 0 saturated heterocycles. The van der Waals surface area contributed by atoms with Crippen LogP contribution in [0.3, 0.4) is 0 Å². The van der Waals surface area contributed by atoms with E-state index in [1.54, 1.807) is 11.3 Å². The van der Waals surface area contributed by atoms with Crippen LogP contribution in [0.15, 0.2) is 28.7 Å². The topological polar surface area (TPSA) is 51.0 Å². The van der Waals surface area contributed by atoms with Gasteiger partial charge in [-0.3, -0.25) is 0 Å². The molecule has 5 heteroatoms.